The van der Waals surface area contributed by atoms with E-state index in [4.69, 9.17) is 4.74 Å². The maximum Gasteiger partial charge on any atom is 0.447 e. The van der Waals surface area contributed by atoms with Gasteiger partial charge in [0.25, 0.3) is 0 Å². The SMILES string of the molecule is FC(F)(F)Sc1cc2cc(OCc3ccccc3)ccc2n1-c1ccccn1. The maximum atomic E-state index is 13.1. The molecule has 0 fully saturated rings. The van der Waals surface area contributed by atoms with E-state index in [2.05, 4.69) is 4.98 Å². The molecular weight excluding hydrogens is 385 g/mol. The van der Waals surface area contributed by atoms with Gasteiger partial charge in [-0.25, -0.2) is 4.98 Å². The van der Waals surface area contributed by atoms with E-state index in [1.165, 1.54) is 10.6 Å². The number of benzene rings is 2. The first kappa shape index (κ1) is 18.4. The molecule has 28 heavy (non-hydrogen) atoms. The van der Waals surface area contributed by atoms with Crippen LogP contribution in [0.1, 0.15) is 5.56 Å². The van der Waals surface area contributed by atoms with Crippen LogP contribution >= 0.6 is 11.8 Å². The van der Waals surface area contributed by atoms with Crippen molar-refractivity contribution in [2.24, 2.45) is 0 Å². The zero-order chi connectivity index (χ0) is 19.6. The zero-order valence-electron chi connectivity index (χ0n) is 14.6. The highest BCUT2D eigenvalue weighted by molar-refractivity contribution is 8.00. The number of halogens is 3. The van der Waals surface area contributed by atoms with Crippen LogP contribution in [-0.2, 0) is 6.61 Å². The molecular formula is C21H15F3N2OS. The quantitative estimate of drug-likeness (QED) is 0.372. The molecule has 142 valence electrons. The molecule has 0 aliphatic rings. The van der Waals surface area contributed by atoms with Crippen LogP contribution < -0.4 is 4.74 Å². The summed E-state index contributed by atoms with van der Waals surface area (Å²) >= 11 is -0.154. The first-order valence-corrected chi connectivity index (χ1v) is 9.31. The van der Waals surface area contributed by atoms with Crippen molar-refractivity contribution < 1.29 is 17.9 Å². The minimum atomic E-state index is -4.40. The van der Waals surface area contributed by atoms with Crippen molar-refractivity contribution in [3.63, 3.8) is 0 Å². The van der Waals surface area contributed by atoms with Gasteiger partial charge < -0.3 is 4.74 Å². The molecule has 0 bridgehead atoms. The van der Waals surface area contributed by atoms with Crippen molar-refractivity contribution in [2.75, 3.05) is 0 Å². The number of alkyl halides is 3. The highest BCUT2D eigenvalue weighted by Gasteiger charge is 2.32. The lowest BCUT2D eigenvalue weighted by Crippen LogP contribution is -2.04. The fourth-order valence-electron chi connectivity index (χ4n) is 2.91. The smallest absolute Gasteiger partial charge is 0.447 e. The monoisotopic (exact) mass is 400 g/mol. The van der Waals surface area contributed by atoms with Crippen LogP contribution in [-0.4, -0.2) is 15.1 Å². The molecule has 3 nitrogen and oxygen atoms in total. The fraction of sp³-hybridized carbons (Fsp3) is 0.0952. The Morgan fingerprint density at radius 1 is 0.929 bits per heavy atom. The van der Waals surface area contributed by atoms with E-state index in [9.17, 15) is 13.2 Å². The number of thioether (sulfide) groups is 1. The van der Waals surface area contributed by atoms with Crippen LogP contribution in [0.25, 0.3) is 16.7 Å². The predicted octanol–water partition coefficient (Wildman–Crippen LogP) is 6.22. The second kappa shape index (κ2) is 7.59. The largest absolute Gasteiger partial charge is 0.489 e. The molecule has 0 N–H and O–H groups in total. The number of rotatable bonds is 5. The Morgan fingerprint density at radius 2 is 1.71 bits per heavy atom. The second-order valence-electron chi connectivity index (χ2n) is 6.05. The van der Waals surface area contributed by atoms with Crippen molar-refractivity contribution >= 4 is 22.7 Å². The van der Waals surface area contributed by atoms with Gasteiger partial charge in [-0.05, 0) is 42.0 Å². The third-order valence-corrected chi connectivity index (χ3v) is 4.83. The van der Waals surface area contributed by atoms with Crippen molar-refractivity contribution in [1.82, 2.24) is 9.55 Å². The number of hydrogen-bond donors (Lipinski definition) is 0. The molecule has 0 atom stereocenters. The van der Waals surface area contributed by atoms with Gasteiger partial charge in [-0.1, -0.05) is 36.4 Å². The van der Waals surface area contributed by atoms with Crippen LogP contribution in [0.3, 0.4) is 0 Å². The molecule has 4 rings (SSSR count). The molecule has 0 saturated carbocycles. The molecule has 0 unspecified atom stereocenters. The van der Waals surface area contributed by atoms with Crippen LogP contribution in [0.4, 0.5) is 13.2 Å². The number of aromatic nitrogens is 2. The molecule has 7 heteroatoms. The average Bonchev–Trinajstić information content (AvgIpc) is 3.03. The zero-order valence-corrected chi connectivity index (χ0v) is 15.4. The van der Waals surface area contributed by atoms with E-state index in [1.807, 2.05) is 30.3 Å². The summed E-state index contributed by atoms with van der Waals surface area (Å²) in [5.74, 6) is 1.03. The molecule has 0 spiro atoms. The van der Waals surface area contributed by atoms with Crippen molar-refractivity contribution in [2.45, 2.75) is 17.1 Å². The van der Waals surface area contributed by atoms with E-state index in [0.29, 0.717) is 29.1 Å². The molecule has 2 heterocycles. The molecule has 0 saturated heterocycles. The molecule has 2 aromatic carbocycles. The molecule has 0 aliphatic heterocycles. The molecule has 2 aromatic heterocycles. The Balaban J connectivity index is 1.71. The van der Waals surface area contributed by atoms with E-state index in [0.717, 1.165) is 5.56 Å². The number of hydrogen-bond acceptors (Lipinski definition) is 3. The van der Waals surface area contributed by atoms with Gasteiger partial charge in [0.1, 0.15) is 18.2 Å². The maximum absolute atomic E-state index is 13.1. The van der Waals surface area contributed by atoms with Gasteiger partial charge in [0, 0.05) is 23.3 Å². The Hall–Kier alpha value is -2.93. The molecule has 0 amide bonds. The van der Waals surface area contributed by atoms with Gasteiger partial charge in [0.05, 0.1) is 10.5 Å². The van der Waals surface area contributed by atoms with Crippen LogP contribution in [0.2, 0.25) is 0 Å². The lowest BCUT2D eigenvalue weighted by atomic mass is 10.2. The Bertz CT molecular complexity index is 1080. The third-order valence-electron chi connectivity index (χ3n) is 4.09. The number of nitrogens with zero attached hydrogens (tertiary/aromatic N) is 2. The number of ether oxygens (including phenoxy) is 1. The lowest BCUT2D eigenvalue weighted by Gasteiger charge is -2.11. The summed E-state index contributed by atoms with van der Waals surface area (Å²) in [6, 6.07) is 21.6. The Labute approximate surface area is 163 Å². The molecule has 0 radical (unpaired) electrons. The molecule has 4 aromatic rings. The van der Waals surface area contributed by atoms with Crippen molar-refractivity contribution in [1.29, 1.82) is 0 Å². The molecule has 0 aliphatic carbocycles. The number of fused-ring (bicyclic) bond motifs is 1. The summed E-state index contributed by atoms with van der Waals surface area (Å²) in [7, 11) is 0. The minimum absolute atomic E-state index is 0.0569. The van der Waals surface area contributed by atoms with E-state index in [1.54, 1.807) is 42.6 Å². The summed E-state index contributed by atoms with van der Waals surface area (Å²) in [4.78, 5) is 4.21. The number of pyridine rings is 1. The van der Waals surface area contributed by atoms with Gasteiger partial charge in [-0.15, -0.1) is 0 Å². The summed E-state index contributed by atoms with van der Waals surface area (Å²) in [6.45, 7) is 0.386. The lowest BCUT2D eigenvalue weighted by molar-refractivity contribution is -0.0329. The van der Waals surface area contributed by atoms with E-state index in [-0.39, 0.29) is 16.8 Å². The van der Waals surface area contributed by atoms with E-state index >= 15 is 0 Å². The summed E-state index contributed by atoms with van der Waals surface area (Å²) in [5.41, 5.74) is -2.74. The van der Waals surface area contributed by atoms with Crippen molar-refractivity contribution in [3.8, 4) is 11.6 Å². The Morgan fingerprint density at radius 3 is 2.43 bits per heavy atom. The second-order valence-corrected chi connectivity index (χ2v) is 7.13. The van der Waals surface area contributed by atoms with Crippen LogP contribution in [0, 0.1) is 0 Å². The predicted molar refractivity (Wildman–Crippen MR) is 104 cm³/mol. The van der Waals surface area contributed by atoms with Crippen LogP contribution in [0.5, 0.6) is 5.75 Å². The first-order valence-electron chi connectivity index (χ1n) is 8.49. The standard InChI is InChI=1S/C21H15F3N2OS/c22-21(23,24)28-20-13-16-12-17(27-14-15-6-2-1-3-7-15)9-10-18(16)26(20)19-8-4-5-11-25-19/h1-13H,14H2. The van der Waals surface area contributed by atoms with Gasteiger partial charge in [-0.3, -0.25) is 4.57 Å². The highest BCUT2D eigenvalue weighted by Crippen LogP contribution is 2.41. The van der Waals surface area contributed by atoms with Crippen molar-refractivity contribution in [3.05, 3.63) is 84.6 Å². The normalized spacial score (nSPS) is 11.7. The average molecular weight is 400 g/mol. The summed E-state index contributed by atoms with van der Waals surface area (Å²) in [5, 5.41) is 0.712. The van der Waals surface area contributed by atoms with Gasteiger partial charge >= 0.3 is 5.51 Å². The highest BCUT2D eigenvalue weighted by atomic mass is 32.2. The third kappa shape index (κ3) is 4.14. The van der Waals surface area contributed by atoms with Gasteiger partial charge in [0.15, 0.2) is 0 Å². The minimum Gasteiger partial charge on any atom is -0.489 e. The van der Waals surface area contributed by atoms with E-state index < -0.39 is 5.51 Å². The first-order chi connectivity index (χ1) is 13.5. The fourth-order valence-corrected chi connectivity index (χ4v) is 3.62. The van der Waals surface area contributed by atoms with Gasteiger partial charge in [0.2, 0.25) is 0 Å². The summed E-state index contributed by atoms with van der Waals surface area (Å²) in [6.07, 6.45) is 1.56. The van der Waals surface area contributed by atoms with Crippen LogP contribution in [0.15, 0.2) is 84.0 Å². The Kier molecular flexibility index (Phi) is 5.00. The topological polar surface area (TPSA) is 27.1 Å². The summed E-state index contributed by atoms with van der Waals surface area (Å²) < 4.78 is 46.5. The van der Waals surface area contributed by atoms with Gasteiger partial charge in [-0.2, -0.15) is 13.2 Å².